The molecule has 3 rings (SSSR count). The Morgan fingerprint density at radius 1 is 1.11 bits per heavy atom. The first-order chi connectivity index (χ1) is 13.2. The Balaban J connectivity index is 1.93. The molecule has 148 valence electrons. The standard InChI is InChI=1S/C18H14F5N3O2/c1-28-16-13(9-27)6-12(8-24-16)10-3-2-4-11(5-10)14-7-15(26-25-14)17(19,20)18(21,22)23/h2-9,15,25-26H,1H3. The number of hydrogen-bond donors (Lipinski definition) is 2. The van der Waals surface area contributed by atoms with E-state index in [2.05, 4.69) is 10.4 Å². The van der Waals surface area contributed by atoms with E-state index >= 15 is 0 Å². The number of alkyl halides is 5. The molecule has 2 heterocycles. The van der Waals surface area contributed by atoms with Gasteiger partial charge in [-0.25, -0.2) is 10.4 Å². The van der Waals surface area contributed by atoms with Crippen molar-refractivity contribution in [3.8, 4) is 17.0 Å². The van der Waals surface area contributed by atoms with Crippen LogP contribution in [0.25, 0.3) is 16.8 Å². The number of methoxy groups -OCH3 is 1. The fourth-order valence-electron chi connectivity index (χ4n) is 2.69. The molecule has 0 fully saturated rings. The number of hydrogen-bond acceptors (Lipinski definition) is 5. The normalized spacial score (nSPS) is 17.1. The van der Waals surface area contributed by atoms with Gasteiger partial charge in [-0.15, -0.1) is 0 Å². The van der Waals surface area contributed by atoms with Gasteiger partial charge in [0.15, 0.2) is 6.29 Å². The molecule has 1 unspecified atom stereocenters. The molecule has 1 aromatic carbocycles. The predicted octanol–water partition coefficient (Wildman–Crippen LogP) is 3.58. The summed E-state index contributed by atoms with van der Waals surface area (Å²) in [4.78, 5) is 15.2. The van der Waals surface area contributed by atoms with E-state index in [1.54, 1.807) is 24.3 Å². The lowest BCUT2D eigenvalue weighted by atomic mass is 10.0. The first-order valence-electron chi connectivity index (χ1n) is 7.95. The van der Waals surface area contributed by atoms with Gasteiger partial charge in [0.05, 0.1) is 18.4 Å². The topological polar surface area (TPSA) is 63.2 Å². The van der Waals surface area contributed by atoms with Gasteiger partial charge < -0.3 is 10.2 Å². The molecule has 2 N–H and O–H groups in total. The molecular formula is C18H14F5N3O2. The maximum absolute atomic E-state index is 13.5. The van der Waals surface area contributed by atoms with Gasteiger partial charge >= 0.3 is 12.1 Å². The number of aldehydes is 1. The van der Waals surface area contributed by atoms with Crippen LogP contribution in [0.5, 0.6) is 5.88 Å². The average molecular weight is 399 g/mol. The van der Waals surface area contributed by atoms with E-state index in [0.29, 0.717) is 23.0 Å². The molecule has 1 aromatic heterocycles. The second-order valence-corrected chi connectivity index (χ2v) is 5.97. The first kappa shape index (κ1) is 19.7. The maximum Gasteiger partial charge on any atom is 0.455 e. The van der Waals surface area contributed by atoms with E-state index in [1.165, 1.54) is 19.4 Å². The molecule has 1 aliphatic rings. The van der Waals surface area contributed by atoms with Crippen LogP contribution < -0.4 is 15.6 Å². The smallest absolute Gasteiger partial charge is 0.455 e. The third kappa shape index (κ3) is 3.55. The summed E-state index contributed by atoms with van der Waals surface area (Å²) in [5.41, 5.74) is 6.13. The van der Waals surface area contributed by atoms with E-state index < -0.39 is 18.1 Å². The highest BCUT2D eigenvalue weighted by molar-refractivity contribution is 5.82. The number of halogens is 5. The predicted molar refractivity (Wildman–Crippen MR) is 90.7 cm³/mol. The van der Waals surface area contributed by atoms with Gasteiger partial charge in [-0.05, 0) is 29.3 Å². The molecule has 2 aromatic rings. The minimum Gasteiger partial charge on any atom is -0.480 e. The van der Waals surface area contributed by atoms with Gasteiger partial charge in [-0.3, -0.25) is 4.79 Å². The summed E-state index contributed by atoms with van der Waals surface area (Å²) < 4.78 is 69.6. The molecule has 28 heavy (non-hydrogen) atoms. The summed E-state index contributed by atoms with van der Waals surface area (Å²) in [6.07, 6.45) is -2.86. The highest BCUT2D eigenvalue weighted by Crippen LogP contribution is 2.40. The van der Waals surface area contributed by atoms with Crippen LogP contribution in [0.2, 0.25) is 0 Å². The van der Waals surface area contributed by atoms with Crippen LogP contribution in [0.3, 0.4) is 0 Å². The van der Waals surface area contributed by atoms with Crippen LogP contribution in [-0.2, 0) is 0 Å². The van der Waals surface area contributed by atoms with E-state index in [4.69, 9.17) is 4.74 Å². The summed E-state index contributed by atoms with van der Waals surface area (Å²) >= 11 is 0. The molecule has 1 aliphatic heterocycles. The number of carbonyl (C=O) groups is 1. The van der Waals surface area contributed by atoms with Crippen molar-refractivity contribution in [2.75, 3.05) is 7.11 Å². The van der Waals surface area contributed by atoms with Crippen LogP contribution >= 0.6 is 0 Å². The van der Waals surface area contributed by atoms with E-state index in [9.17, 15) is 26.7 Å². The molecule has 5 nitrogen and oxygen atoms in total. The Morgan fingerprint density at radius 2 is 1.82 bits per heavy atom. The van der Waals surface area contributed by atoms with E-state index in [0.717, 1.165) is 6.08 Å². The molecule has 10 heteroatoms. The van der Waals surface area contributed by atoms with Crippen LogP contribution in [0.4, 0.5) is 22.0 Å². The van der Waals surface area contributed by atoms with Gasteiger partial charge in [0.1, 0.15) is 6.04 Å². The highest BCUT2D eigenvalue weighted by atomic mass is 19.4. The largest absolute Gasteiger partial charge is 0.480 e. The lowest BCUT2D eigenvalue weighted by Crippen LogP contribution is -2.53. The van der Waals surface area contributed by atoms with Crippen molar-refractivity contribution in [3.63, 3.8) is 0 Å². The van der Waals surface area contributed by atoms with Crippen molar-refractivity contribution < 1.29 is 31.5 Å². The molecule has 0 spiro atoms. The summed E-state index contributed by atoms with van der Waals surface area (Å²) in [6.45, 7) is 0. The molecule has 1 atom stereocenters. The monoisotopic (exact) mass is 399 g/mol. The van der Waals surface area contributed by atoms with Gasteiger partial charge in [-0.2, -0.15) is 22.0 Å². The number of ether oxygens (including phenoxy) is 1. The zero-order valence-corrected chi connectivity index (χ0v) is 14.3. The average Bonchev–Trinajstić information content (AvgIpc) is 3.17. The van der Waals surface area contributed by atoms with E-state index in [1.807, 2.05) is 5.43 Å². The molecular weight excluding hydrogens is 385 g/mol. The Labute approximate surface area is 156 Å². The van der Waals surface area contributed by atoms with Gasteiger partial charge in [0, 0.05) is 11.8 Å². The zero-order chi connectivity index (χ0) is 20.5. The Kier molecular flexibility index (Phi) is 5.07. The minimum absolute atomic E-state index is 0.0767. The van der Waals surface area contributed by atoms with Crippen molar-refractivity contribution in [1.29, 1.82) is 0 Å². The number of nitrogens with one attached hydrogen (secondary N) is 2. The Hall–Kier alpha value is -3.01. The molecule has 0 saturated heterocycles. The Morgan fingerprint density at radius 3 is 2.46 bits per heavy atom. The molecule has 0 bridgehead atoms. The zero-order valence-electron chi connectivity index (χ0n) is 14.3. The number of pyridine rings is 1. The summed E-state index contributed by atoms with van der Waals surface area (Å²) in [5.74, 6) is -4.78. The third-order valence-electron chi connectivity index (χ3n) is 4.17. The highest BCUT2D eigenvalue weighted by Gasteiger charge is 2.62. The second-order valence-electron chi connectivity index (χ2n) is 5.97. The van der Waals surface area contributed by atoms with Gasteiger partial charge in [-0.1, -0.05) is 18.2 Å². The van der Waals surface area contributed by atoms with Gasteiger partial charge in [0.25, 0.3) is 0 Å². The van der Waals surface area contributed by atoms with Crippen LogP contribution in [0, 0.1) is 0 Å². The lowest BCUT2D eigenvalue weighted by molar-refractivity contribution is -0.287. The summed E-state index contributed by atoms with van der Waals surface area (Å²) in [6, 6.07) is 5.71. The fourth-order valence-corrected chi connectivity index (χ4v) is 2.69. The number of aromatic nitrogens is 1. The van der Waals surface area contributed by atoms with Crippen molar-refractivity contribution in [3.05, 3.63) is 53.7 Å². The summed E-state index contributed by atoms with van der Waals surface area (Å²) in [7, 11) is 1.37. The van der Waals surface area contributed by atoms with Gasteiger partial charge in [0.2, 0.25) is 5.88 Å². The molecule has 0 amide bonds. The van der Waals surface area contributed by atoms with Crippen molar-refractivity contribution in [2.45, 2.75) is 18.1 Å². The third-order valence-corrected chi connectivity index (χ3v) is 4.17. The van der Waals surface area contributed by atoms with Crippen molar-refractivity contribution in [2.24, 2.45) is 0 Å². The minimum atomic E-state index is -5.68. The number of benzene rings is 1. The van der Waals surface area contributed by atoms with E-state index in [-0.39, 0.29) is 17.1 Å². The lowest BCUT2D eigenvalue weighted by Gasteiger charge is -2.23. The molecule has 0 aliphatic carbocycles. The SMILES string of the molecule is COc1ncc(-c2cccc(C3=CC(C(F)(F)C(F)(F)F)NN3)c2)cc1C=O. The first-order valence-corrected chi connectivity index (χ1v) is 7.95. The van der Waals surface area contributed by atoms with Crippen LogP contribution in [0.1, 0.15) is 15.9 Å². The second kappa shape index (κ2) is 7.19. The van der Waals surface area contributed by atoms with Crippen LogP contribution in [0.15, 0.2) is 42.6 Å². The number of hydrazine groups is 1. The fraction of sp³-hybridized carbons (Fsp3) is 0.222. The van der Waals surface area contributed by atoms with Crippen LogP contribution in [-0.4, -0.2) is 36.5 Å². The maximum atomic E-state index is 13.5. The molecule has 0 radical (unpaired) electrons. The number of nitrogens with zero attached hydrogens (tertiary/aromatic N) is 1. The summed E-state index contributed by atoms with van der Waals surface area (Å²) in [5, 5.41) is 0. The van der Waals surface area contributed by atoms with Crippen molar-refractivity contribution in [1.82, 2.24) is 15.8 Å². The number of rotatable bonds is 5. The Bertz CT molecular complexity index is 928. The van der Waals surface area contributed by atoms with Crippen molar-refractivity contribution >= 4 is 12.0 Å². The quantitative estimate of drug-likeness (QED) is 0.595. The molecule has 0 saturated carbocycles. The number of carbonyl (C=O) groups excluding carboxylic acids is 1.